The molecule has 3 N–H and O–H groups in total. The number of benzene rings is 1. The summed E-state index contributed by atoms with van der Waals surface area (Å²) in [5.74, 6) is 0.637. The molecule has 0 bridgehead atoms. The molecule has 0 amide bonds. The van der Waals surface area contributed by atoms with Crippen molar-refractivity contribution in [2.24, 2.45) is 0 Å². The van der Waals surface area contributed by atoms with Crippen LogP contribution in [0, 0.1) is 6.92 Å². The van der Waals surface area contributed by atoms with Crippen molar-refractivity contribution in [2.45, 2.75) is 11.8 Å². The minimum atomic E-state index is -0.399. The average Bonchev–Trinajstić information content (AvgIpc) is 2.46. The molecule has 0 aliphatic carbocycles. The van der Waals surface area contributed by atoms with Crippen LogP contribution in [0.4, 0.5) is 5.82 Å². The molecular weight excluding hydrogens is 272 g/mol. The first kappa shape index (κ1) is 14.4. The molecule has 0 radical (unpaired) electrons. The minimum absolute atomic E-state index is 0.323. The highest BCUT2D eigenvalue weighted by Crippen LogP contribution is 2.18. The van der Waals surface area contributed by atoms with Gasteiger partial charge in [0.15, 0.2) is 0 Å². The molecule has 0 aliphatic rings. The third kappa shape index (κ3) is 3.99. The van der Waals surface area contributed by atoms with E-state index in [2.05, 4.69) is 36.2 Å². The van der Waals surface area contributed by atoms with Gasteiger partial charge in [-0.3, -0.25) is 5.73 Å². The van der Waals surface area contributed by atoms with Gasteiger partial charge in [0.2, 0.25) is 0 Å². The molecule has 0 fully saturated rings. The lowest BCUT2D eigenvalue weighted by molar-refractivity contribution is -0.360. The third-order valence-corrected chi connectivity index (χ3v) is 3.69. The number of ether oxygens (including phenoxy) is 1. The number of carbonyl (C=O) groups excluding carboxylic acids is 1. The van der Waals surface area contributed by atoms with Crippen molar-refractivity contribution in [3.8, 4) is 0 Å². The van der Waals surface area contributed by atoms with Crippen molar-refractivity contribution in [3.05, 3.63) is 53.7 Å². The molecule has 20 heavy (non-hydrogen) atoms. The first-order valence-corrected chi connectivity index (χ1v) is 7.28. The molecule has 0 saturated heterocycles. The van der Waals surface area contributed by atoms with E-state index in [9.17, 15) is 4.79 Å². The first-order chi connectivity index (χ1) is 9.66. The molecule has 5 heteroatoms. The first-order valence-electron chi connectivity index (χ1n) is 6.29. The molecule has 2 aromatic rings. The number of anilines is 1. The van der Waals surface area contributed by atoms with Crippen LogP contribution in [0.15, 0.2) is 47.5 Å². The maximum absolute atomic E-state index is 11.8. The molecule has 1 aromatic heterocycles. The number of aromatic nitrogens is 1. The van der Waals surface area contributed by atoms with Crippen molar-refractivity contribution >= 4 is 23.5 Å². The molecule has 0 unspecified atom stereocenters. The van der Waals surface area contributed by atoms with E-state index in [0.29, 0.717) is 23.7 Å². The zero-order chi connectivity index (χ0) is 14.4. The van der Waals surface area contributed by atoms with Crippen LogP contribution in [-0.2, 0) is 4.74 Å². The van der Waals surface area contributed by atoms with Gasteiger partial charge in [0.05, 0.1) is 6.20 Å². The van der Waals surface area contributed by atoms with E-state index in [4.69, 9.17) is 10.5 Å². The Morgan fingerprint density at radius 2 is 2.05 bits per heavy atom. The molecular formula is C15H17N2O2S+. The minimum Gasteiger partial charge on any atom is -0.461 e. The van der Waals surface area contributed by atoms with Gasteiger partial charge in [-0.25, -0.2) is 9.78 Å². The van der Waals surface area contributed by atoms with E-state index in [-0.39, 0.29) is 0 Å². The second-order valence-electron chi connectivity index (χ2n) is 4.29. The highest BCUT2D eigenvalue weighted by atomic mass is 32.2. The predicted octanol–water partition coefficient (Wildman–Crippen LogP) is 2.34. The number of hydrogen-bond acceptors (Lipinski definition) is 4. The van der Waals surface area contributed by atoms with Crippen LogP contribution in [0.2, 0.25) is 0 Å². The van der Waals surface area contributed by atoms with Crippen molar-refractivity contribution in [1.29, 1.82) is 0 Å². The van der Waals surface area contributed by atoms with Crippen molar-refractivity contribution in [2.75, 3.05) is 18.1 Å². The summed E-state index contributed by atoms with van der Waals surface area (Å²) < 4.78 is 5.19. The molecule has 4 nitrogen and oxygen atoms in total. The molecule has 104 valence electrons. The summed E-state index contributed by atoms with van der Waals surface area (Å²) >= 11 is 1.65. The summed E-state index contributed by atoms with van der Waals surface area (Å²) in [6.45, 7) is 2.41. The molecule has 1 heterocycles. The lowest BCUT2D eigenvalue weighted by Crippen LogP contribution is -2.17. The maximum Gasteiger partial charge on any atom is 0.346 e. The summed E-state index contributed by atoms with van der Waals surface area (Å²) in [7, 11) is 0. The van der Waals surface area contributed by atoms with Crippen molar-refractivity contribution < 1.29 is 14.5 Å². The molecule has 0 spiro atoms. The van der Waals surface area contributed by atoms with Crippen LogP contribution < -0.4 is 10.7 Å². The lowest BCUT2D eigenvalue weighted by Gasteiger charge is -2.05. The highest BCUT2D eigenvalue weighted by Gasteiger charge is 2.14. The number of nitrogens with two attached hydrogens (primary N) is 1. The number of H-pyrrole nitrogens is 1. The summed E-state index contributed by atoms with van der Waals surface area (Å²) in [4.78, 5) is 15.7. The van der Waals surface area contributed by atoms with Gasteiger partial charge in [-0.05, 0) is 31.2 Å². The van der Waals surface area contributed by atoms with Crippen LogP contribution in [0.1, 0.15) is 15.9 Å². The van der Waals surface area contributed by atoms with E-state index in [0.717, 1.165) is 0 Å². The maximum atomic E-state index is 11.8. The van der Waals surface area contributed by atoms with Crippen LogP contribution >= 0.6 is 11.8 Å². The van der Waals surface area contributed by atoms with Gasteiger partial charge in [-0.15, -0.1) is 11.8 Å². The Balaban J connectivity index is 1.77. The zero-order valence-electron chi connectivity index (χ0n) is 11.3. The Morgan fingerprint density at radius 3 is 2.75 bits per heavy atom. The number of nitrogens with one attached hydrogen (secondary N) is 1. The van der Waals surface area contributed by atoms with E-state index < -0.39 is 5.97 Å². The SMILES string of the molecule is Cc1ccc(SCCOC(=O)c2ccc[nH+]c2N)cc1. The van der Waals surface area contributed by atoms with Gasteiger partial charge in [0.1, 0.15) is 12.2 Å². The predicted molar refractivity (Wildman–Crippen MR) is 79.6 cm³/mol. The molecule has 2 rings (SSSR count). The Hall–Kier alpha value is -2.01. The largest absolute Gasteiger partial charge is 0.461 e. The van der Waals surface area contributed by atoms with E-state index >= 15 is 0 Å². The fourth-order valence-corrected chi connectivity index (χ4v) is 2.36. The quantitative estimate of drug-likeness (QED) is 0.521. The Labute approximate surface area is 122 Å². The normalized spacial score (nSPS) is 10.2. The number of nitrogen functional groups attached to an aromatic ring is 1. The number of rotatable bonds is 5. The van der Waals surface area contributed by atoms with Crippen molar-refractivity contribution in [3.63, 3.8) is 0 Å². The number of hydrogen-bond donors (Lipinski definition) is 1. The van der Waals surface area contributed by atoms with Crippen LogP contribution in [0.3, 0.4) is 0 Å². The molecule has 1 aromatic carbocycles. The fourth-order valence-electron chi connectivity index (χ4n) is 1.63. The van der Waals surface area contributed by atoms with Crippen LogP contribution in [0.25, 0.3) is 0 Å². The van der Waals surface area contributed by atoms with Gasteiger partial charge in [0, 0.05) is 10.6 Å². The number of esters is 1. The summed E-state index contributed by atoms with van der Waals surface area (Å²) in [5.41, 5.74) is 7.27. The van der Waals surface area contributed by atoms with Crippen LogP contribution in [-0.4, -0.2) is 18.3 Å². The van der Waals surface area contributed by atoms with Gasteiger partial charge >= 0.3 is 5.97 Å². The van der Waals surface area contributed by atoms with Gasteiger partial charge in [0.25, 0.3) is 5.82 Å². The number of pyridine rings is 1. The third-order valence-electron chi connectivity index (χ3n) is 2.71. The van der Waals surface area contributed by atoms with E-state index in [1.165, 1.54) is 10.5 Å². The molecule has 0 aliphatic heterocycles. The van der Waals surface area contributed by atoms with Gasteiger partial charge in [-0.1, -0.05) is 17.7 Å². The number of carbonyl (C=O) groups is 1. The van der Waals surface area contributed by atoms with Gasteiger partial charge < -0.3 is 4.74 Å². The average molecular weight is 289 g/mol. The molecule has 0 atom stereocenters. The summed E-state index contributed by atoms with van der Waals surface area (Å²) in [6.07, 6.45) is 1.67. The second kappa shape index (κ2) is 6.96. The molecule has 0 saturated carbocycles. The number of aromatic amines is 1. The standard InChI is InChI=1S/C15H16N2O2S/c1-11-4-6-12(7-5-11)20-10-9-19-15(18)13-3-2-8-17-14(13)16/h2-8H,9-10H2,1H3,(H2,16,17)/p+1. The Morgan fingerprint density at radius 1 is 1.30 bits per heavy atom. The Kier molecular flexibility index (Phi) is 5.01. The number of thioether (sulfide) groups is 1. The highest BCUT2D eigenvalue weighted by molar-refractivity contribution is 7.99. The van der Waals surface area contributed by atoms with Crippen LogP contribution in [0.5, 0.6) is 0 Å². The lowest BCUT2D eigenvalue weighted by atomic mass is 10.2. The smallest absolute Gasteiger partial charge is 0.346 e. The number of aryl methyl sites for hydroxylation is 1. The zero-order valence-corrected chi connectivity index (χ0v) is 12.1. The topological polar surface area (TPSA) is 66.5 Å². The van der Waals surface area contributed by atoms with E-state index in [1.54, 1.807) is 30.1 Å². The summed E-state index contributed by atoms with van der Waals surface area (Å²) in [6, 6.07) is 11.6. The van der Waals surface area contributed by atoms with Crippen molar-refractivity contribution in [1.82, 2.24) is 0 Å². The Bertz CT molecular complexity index is 585. The van der Waals surface area contributed by atoms with Gasteiger partial charge in [-0.2, -0.15) is 0 Å². The second-order valence-corrected chi connectivity index (χ2v) is 5.46. The monoisotopic (exact) mass is 289 g/mol. The van der Waals surface area contributed by atoms with E-state index in [1.807, 2.05) is 0 Å². The fraction of sp³-hybridized carbons (Fsp3) is 0.200. The summed E-state index contributed by atoms with van der Waals surface area (Å²) in [5, 5.41) is 0.